The van der Waals surface area contributed by atoms with Crippen LogP contribution in [0.2, 0.25) is 0 Å². The van der Waals surface area contributed by atoms with Crippen LogP contribution in [-0.2, 0) is 24.3 Å². The molecule has 0 fully saturated rings. The van der Waals surface area contributed by atoms with Crippen LogP contribution in [0, 0.1) is 6.92 Å². The summed E-state index contributed by atoms with van der Waals surface area (Å²) < 4.78 is 6.68. The Labute approximate surface area is 173 Å². The minimum absolute atomic E-state index is 0.0248. The molecule has 0 unspecified atom stereocenters. The molecule has 3 aromatic rings. The van der Waals surface area contributed by atoms with Gasteiger partial charge in [0, 0.05) is 6.54 Å². The normalized spacial score (nSPS) is 10.9. The highest BCUT2D eigenvalue weighted by Crippen LogP contribution is 2.21. The second-order valence-electron chi connectivity index (χ2n) is 7.22. The van der Waals surface area contributed by atoms with E-state index in [9.17, 15) is 14.4 Å². The molecular weight excluding hydrogens is 384 g/mol. The molecule has 8 nitrogen and oxygen atoms in total. The van der Waals surface area contributed by atoms with Crippen LogP contribution >= 0.6 is 0 Å². The van der Waals surface area contributed by atoms with Gasteiger partial charge in [-0.25, -0.2) is 4.79 Å². The summed E-state index contributed by atoms with van der Waals surface area (Å²) in [5, 5.41) is 0. The number of amides is 1. The van der Waals surface area contributed by atoms with Crippen molar-refractivity contribution < 1.29 is 9.21 Å². The number of furan rings is 1. The largest absolute Gasteiger partial charge is 0.467 e. The SMILES string of the molecule is CCCCn1c(N)c(N(Cc2ccco2)C(=O)Cc2ccc(C)cc2)c(=O)[nH]c1=O. The average Bonchev–Trinajstić information content (AvgIpc) is 3.22. The molecule has 30 heavy (non-hydrogen) atoms. The topological polar surface area (TPSA) is 114 Å². The van der Waals surface area contributed by atoms with Gasteiger partial charge in [0.05, 0.1) is 19.2 Å². The second kappa shape index (κ2) is 9.30. The Kier molecular flexibility index (Phi) is 6.56. The van der Waals surface area contributed by atoms with E-state index < -0.39 is 11.2 Å². The maximum absolute atomic E-state index is 13.2. The molecule has 0 saturated carbocycles. The number of hydrogen-bond acceptors (Lipinski definition) is 5. The molecule has 0 aliphatic carbocycles. The van der Waals surface area contributed by atoms with E-state index in [4.69, 9.17) is 10.2 Å². The standard InChI is InChI=1S/C22H26N4O4/c1-3-4-11-25-20(23)19(21(28)24-22(25)29)26(14-17-6-5-12-30-17)18(27)13-16-9-7-15(2)8-10-16/h5-10,12H,3-4,11,13-14,23H2,1-2H3,(H,24,28,29). The molecule has 0 aliphatic rings. The van der Waals surface area contributed by atoms with Crippen molar-refractivity contribution in [3.05, 3.63) is 80.4 Å². The Morgan fingerprint density at radius 2 is 1.93 bits per heavy atom. The van der Waals surface area contributed by atoms with Crippen LogP contribution in [0.25, 0.3) is 0 Å². The van der Waals surface area contributed by atoms with Crippen molar-refractivity contribution in [1.29, 1.82) is 0 Å². The van der Waals surface area contributed by atoms with E-state index in [1.165, 1.54) is 15.7 Å². The van der Waals surface area contributed by atoms with E-state index >= 15 is 0 Å². The molecule has 3 rings (SSSR count). The van der Waals surface area contributed by atoms with E-state index in [0.717, 1.165) is 17.5 Å². The van der Waals surface area contributed by atoms with Crippen LogP contribution in [0.3, 0.4) is 0 Å². The first-order chi connectivity index (χ1) is 14.4. The molecule has 0 radical (unpaired) electrons. The summed E-state index contributed by atoms with van der Waals surface area (Å²) in [7, 11) is 0. The average molecular weight is 410 g/mol. The van der Waals surface area contributed by atoms with Crippen molar-refractivity contribution in [2.45, 2.75) is 46.2 Å². The fraction of sp³-hybridized carbons (Fsp3) is 0.318. The lowest BCUT2D eigenvalue weighted by Crippen LogP contribution is -2.41. The maximum atomic E-state index is 13.2. The number of benzene rings is 1. The number of unbranched alkanes of at least 4 members (excludes halogenated alkanes) is 1. The van der Waals surface area contributed by atoms with Crippen molar-refractivity contribution in [2.24, 2.45) is 0 Å². The summed E-state index contributed by atoms with van der Waals surface area (Å²) in [5.74, 6) is 0.145. The van der Waals surface area contributed by atoms with Crippen molar-refractivity contribution in [3.63, 3.8) is 0 Å². The third-order valence-corrected chi connectivity index (χ3v) is 4.89. The number of hydrogen-bond donors (Lipinski definition) is 2. The number of nitrogens with zero attached hydrogens (tertiary/aromatic N) is 2. The summed E-state index contributed by atoms with van der Waals surface area (Å²) in [4.78, 5) is 41.7. The molecule has 0 spiro atoms. The number of nitrogens with one attached hydrogen (secondary N) is 1. The van der Waals surface area contributed by atoms with Gasteiger partial charge in [-0.15, -0.1) is 0 Å². The highest BCUT2D eigenvalue weighted by Gasteiger charge is 2.25. The predicted octanol–water partition coefficient (Wildman–Crippen LogP) is 2.60. The molecule has 0 saturated heterocycles. The predicted molar refractivity (Wildman–Crippen MR) is 115 cm³/mol. The second-order valence-corrected chi connectivity index (χ2v) is 7.22. The van der Waals surface area contributed by atoms with E-state index in [2.05, 4.69) is 4.98 Å². The smallest absolute Gasteiger partial charge is 0.330 e. The number of carbonyl (C=O) groups excluding carboxylic acids is 1. The number of nitrogen functional groups attached to an aromatic ring is 1. The molecule has 2 aromatic heterocycles. The van der Waals surface area contributed by atoms with Crippen LogP contribution in [0.4, 0.5) is 11.5 Å². The molecule has 8 heteroatoms. The lowest BCUT2D eigenvalue weighted by molar-refractivity contribution is -0.118. The number of aromatic amines is 1. The first-order valence-corrected chi connectivity index (χ1v) is 9.91. The lowest BCUT2D eigenvalue weighted by atomic mass is 10.1. The number of rotatable bonds is 8. The zero-order chi connectivity index (χ0) is 21.7. The fourth-order valence-corrected chi connectivity index (χ4v) is 3.20. The molecule has 3 N–H and O–H groups in total. The first-order valence-electron chi connectivity index (χ1n) is 9.91. The number of carbonyl (C=O) groups is 1. The molecule has 1 amide bonds. The number of nitrogens with two attached hydrogens (primary N) is 1. The van der Waals surface area contributed by atoms with Crippen molar-refractivity contribution in [3.8, 4) is 0 Å². The summed E-state index contributed by atoms with van der Waals surface area (Å²) >= 11 is 0. The molecule has 158 valence electrons. The lowest BCUT2D eigenvalue weighted by Gasteiger charge is -2.24. The zero-order valence-corrected chi connectivity index (χ0v) is 17.2. The van der Waals surface area contributed by atoms with Gasteiger partial charge in [0.25, 0.3) is 5.56 Å². The first kappa shape index (κ1) is 21.2. The highest BCUT2D eigenvalue weighted by molar-refractivity contribution is 5.96. The molecule has 0 aliphatic heterocycles. The van der Waals surface area contributed by atoms with Gasteiger partial charge >= 0.3 is 5.69 Å². The number of aryl methyl sites for hydroxylation is 1. The third kappa shape index (κ3) is 4.71. The third-order valence-electron chi connectivity index (χ3n) is 4.89. The number of aromatic nitrogens is 2. The summed E-state index contributed by atoms with van der Waals surface area (Å²) in [5.41, 5.74) is 6.79. The van der Waals surface area contributed by atoms with Gasteiger partial charge in [0.15, 0.2) is 5.69 Å². The van der Waals surface area contributed by atoms with Gasteiger partial charge in [-0.1, -0.05) is 43.2 Å². The van der Waals surface area contributed by atoms with Gasteiger partial charge in [-0.05, 0) is 31.0 Å². The number of anilines is 2. The highest BCUT2D eigenvalue weighted by atomic mass is 16.3. The Morgan fingerprint density at radius 1 is 1.20 bits per heavy atom. The molecule has 0 bridgehead atoms. The van der Waals surface area contributed by atoms with Crippen LogP contribution in [0.5, 0.6) is 0 Å². The van der Waals surface area contributed by atoms with E-state index in [1.54, 1.807) is 12.1 Å². The van der Waals surface area contributed by atoms with Crippen molar-refractivity contribution in [2.75, 3.05) is 10.6 Å². The van der Waals surface area contributed by atoms with Crippen LogP contribution < -0.4 is 21.9 Å². The van der Waals surface area contributed by atoms with Gasteiger partial charge in [-0.2, -0.15) is 0 Å². The number of H-pyrrole nitrogens is 1. The summed E-state index contributed by atoms with van der Waals surface area (Å²) in [6.07, 6.45) is 3.13. The van der Waals surface area contributed by atoms with Crippen LogP contribution in [0.1, 0.15) is 36.7 Å². The minimum atomic E-state index is -0.700. The molecule has 1 aromatic carbocycles. The van der Waals surface area contributed by atoms with E-state index in [0.29, 0.717) is 18.7 Å². The van der Waals surface area contributed by atoms with Crippen molar-refractivity contribution >= 4 is 17.4 Å². The van der Waals surface area contributed by atoms with Crippen molar-refractivity contribution in [1.82, 2.24) is 9.55 Å². The summed E-state index contributed by atoms with van der Waals surface area (Å²) in [6.45, 7) is 4.33. The quantitative estimate of drug-likeness (QED) is 0.592. The van der Waals surface area contributed by atoms with Crippen LogP contribution in [-0.4, -0.2) is 15.5 Å². The van der Waals surface area contributed by atoms with Gasteiger partial charge < -0.3 is 10.2 Å². The zero-order valence-electron chi connectivity index (χ0n) is 17.2. The molecule has 0 atom stereocenters. The van der Waals surface area contributed by atoms with E-state index in [1.807, 2.05) is 38.1 Å². The molecular formula is C22H26N4O4. The minimum Gasteiger partial charge on any atom is -0.467 e. The van der Waals surface area contributed by atoms with E-state index in [-0.39, 0.29) is 30.4 Å². The maximum Gasteiger partial charge on any atom is 0.330 e. The van der Waals surface area contributed by atoms with Crippen LogP contribution in [0.15, 0.2) is 56.7 Å². The summed E-state index contributed by atoms with van der Waals surface area (Å²) in [6, 6.07) is 11.0. The molecule has 2 heterocycles. The Bertz CT molecular complexity index is 1110. The Morgan fingerprint density at radius 3 is 2.57 bits per heavy atom. The van der Waals surface area contributed by atoms with Gasteiger partial charge in [0.2, 0.25) is 5.91 Å². The Hall–Kier alpha value is -3.55. The fourth-order valence-electron chi connectivity index (χ4n) is 3.20. The monoisotopic (exact) mass is 410 g/mol. The Balaban J connectivity index is 2.03. The van der Waals surface area contributed by atoms with Gasteiger partial charge in [-0.3, -0.25) is 24.0 Å². The van der Waals surface area contributed by atoms with Gasteiger partial charge in [0.1, 0.15) is 11.6 Å².